The predicted molar refractivity (Wildman–Crippen MR) is 220 cm³/mol. The fourth-order valence-electron chi connectivity index (χ4n) is 7.40. The molecule has 2 aromatic heterocycles. The Labute approximate surface area is 331 Å². The standard InChI is InChI=1S/C47H40N3O2Si.Pt/c1-47(2,3)33-24-30(37-27-31-26-34(53(4,5)6)28-42-43(31)45(48-37)44-40(51)21-14-22-41(44)52-42)23-32(25-33)46-49-36-18-11-13-20-39(36)50(46)38-19-12-10-17-35(38)29-15-8-7-9-16-29;/h7-22,24-28,51H,1-6H3;/q-1;. The molecular formula is C47H40N3O2PtSi-. The maximum atomic E-state index is 11.2. The second kappa shape index (κ2) is 13.2. The summed E-state index contributed by atoms with van der Waals surface area (Å²) in [7, 11) is -1.73. The molecule has 54 heavy (non-hydrogen) atoms. The molecule has 270 valence electrons. The van der Waals surface area contributed by atoms with E-state index >= 15 is 0 Å². The molecule has 0 bridgehead atoms. The van der Waals surface area contributed by atoms with Crippen molar-refractivity contribution in [2.45, 2.75) is 45.8 Å². The molecule has 0 fully saturated rings. The molecular weight excluding hydrogens is 862 g/mol. The first-order valence-corrected chi connectivity index (χ1v) is 21.6. The molecule has 0 saturated carbocycles. The van der Waals surface area contributed by atoms with Crippen molar-refractivity contribution in [3.8, 4) is 68.0 Å². The summed E-state index contributed by atoms with van der Waals surface area (Å²) in [5, 5.41) is 14.4. The molecule has 0 radical (unpaired) electrons. The van der Waals surface area contributed by atoms with Crippen LogP contribution in [0, 0.1) is 6.07 Å². The van der Waals surface area contributed by atoms with Crippen LogP contribution in [0.1, 0.15) is 26.3 Å². The Kier molecular flexibility index (Phi) is 8.75. The van der Waals surface area contributed by atoms with E-state index in [4.69, 9.17) is 14.7 Å². The Bertz CT molecular complexity index is 2740. The summed E-state index contributed by atoms with van der Waals surface area (Å²) in [6, 6.07) is 47.7. The summed E-state index contributed by atoms with van der Waals surface area (Å²) < 4.78 is 8.75. The van der Waals surface area contributed by atoms with Crippen LogP contribution in [0.2, 0.25) is 19.6 Å². The average Bonchev–Trinajstić information content (AvgIpc) is 3.54. The number of rotatable bonds is 5. The first kappa shape index (κ1) is 35.7. The minimum atomic E-state index is -1.73. The van der Waals surface area contributed by atoms with Crippen LogP contribution in [0.25, 0.3) is 72.5 Å². The van der Waals surface area contributed by atoms with E-state index in [1.807, 2.05) is 24.3 Å². The largest absolute Gasteiger partial charge is 0.507 e. The Balaban J connectivity index is 0.00000413. The number of imidazole rings is 1. The van der Waals surface area contributed by atoms with Gasteiger partial charge in [-0.05, 0) is 52.8 Å². The minimum Gasteiger partial charge on any atom is -0.507 e. The van der Waals surface area contributed by atoms with Crippen LogP contribution in [0.4, 0.5) is 0 Å². The van der Waals surface area contributed by atoms with Crippen molar-refractivity contribution in [1.82, 2.24) is 14.5 Å². The third-order valence-corrected chi connectivity index (χ3v) is 12.3. The molecule has 0 amide bonds. The summed E-state index contributed by atoms with van der Waals surface area (Å²) in [6.07, 6.45) is 0. The molecule has 1 aliphatic rings. The van der Waals surface area contributed by atoms with E-state index in [-0.39, 0.29) is 32.2 Å². The van der Waals surface area contributed by atoms with Gasteiger partial charge in [0.15, 0.2) is 0 Å². The fraction of sp³-hybridized carbons (Fsp3) is 0.149. The van der Waals surface area contributed by atoms with Crippen molar-refractivity contribution in [3.05, 3.63) is 139 Å². The number of nitrogens with zero attached hydrogens (tertiary/aromatic N) is 3. The van der Waals surface area contributed by atoms with E-state index in [0.29, 0.717) is 17.0 Å². The van der Waals surface area contributed by atoms with E-state index < -0.39 is 8.07 Å². The number of pyridine rings is 1. The van der Waals surface area contributed by atoms with E-state index in [2.05, 4.69) is 148 Å². The van der Waals surface area contributed by atoms with Crippen LogP contribution in [0.15, 0.2) is 127 Å². The van der Waals surface area contributed by atoms with Gasteiger partial charge < -0.3 is 14.4 Å². The van der Waals surface area contributed by atoms with Crippen LogP contribution in [-0.4, -0.2) is 27.7 Å². The summed E-state index contributed by atoms with van der Waals surface area (Å²) in [4.78, 5) is 10.6. The Morgan fingerprint density at radius 1 is 0.722 bits per heavy atom. The number of aromatic hydroxyl groups is 1. The van der Waals surface area contributed by atoms with Gasteiger partial charge in [0.2, 0.25) is 0 Å². The van der Waals surface area contributed by atoms with Gasteiger partial charge in [-0.25, -0.2) is 0 Å². The summed E-state index contributed by atoms with van der Waals surface area (Å²) in [5.41, 5.74) is 10.1. The molecule has 0 spiro atoms. The minimum absolute atomic E-state index is 0. The number of phenolic OH excluding ortho intramolecular Hbond substituents is 1. The van der Waals surface area contributed by atoms with E-state index in [1.54, 1.807) is 6.07 Å². The zero-order chi connectivity index (χ0) is 36.6. The van der Waals surface area contributed by atoms with Gasteiger partial charge in [-0.3, -0.25) is 9.97 Å². The Morgan fingerprint density at radius 3 is 2.22 bits per heavy atom. The van der Waals surface area contributed by atoms with Crippen molar-refractivity contribution in [2.75, 3.05) is 0 Å². The second-order valence-electron chi connectivity index (χ2n) is 16.0. The van der Waals surface area contributed by atoms with Gasteiger partial charge in [0.25, 0.3) is 0 Å². The van der Waals surface area contributed by atoms with E-state index in [0.717, 1.165) is 72.6 Å². The molecule has 5 nitrogen and oxygen atoms in total. The molecule has 0 atom stereocenters. The normalized spacial score (nSPS) is 12.3. The van der Waals surface area contributed by atoms with Crippen molar-refractivity contribution in [1.29, 1.82) is 0 Å². The molecule has 0 saturated heterocycles. The zero-order valence-corrected chi connectivity index (χ0v) is 34.4. The number of hydrogen-bond acceptors (Lipinski definition) is 4. The van der Waals surface area contributed by atoms with E-state index in [9.17, 15) is 5.11 Å². The van der Waals surface area contributed by atoms with Crippen LogP contribution >= 0.6 is 0 Å². The molecule has 1 N–H and O–H groups in total. The molecule has 7 heteroatoms. The Morgan fingerprint density at radius 2 is 1.44 bits per heavy atom. The van der Waals surface area contributed by atoms with Gasteiger partial charge in [-0.2, -0.15) is 0 Å². The molecule has 6 aromatic carbocycles. The first-order chi connectivity index (χ1) is 25.4. The number of benzene rings is 6. The fourth-order valence-corrected chi connectivity index (χ4v) is 8.55. The molecule has 1 aliphatic heterocycles. The van der Waals surface area contributed by atoms with Gasteiger partial charge in [-0.1, -0.05) is 136 Å². The van der Waals surface area contributed by atoms with Gasteiger partial charge in [0.1, 0.15) is 17.2 Å². The Hall–Kier alpha value is -5.29. The van der Waals surface area contributed by atoms with Gasteiger partial charge in [0.05, 0.1) is 36.2 Å². The second-order valence-corrected chi connectivity index (χ2v) is 21.1. The number of ether oxygens (including phenoxy) is 1. The third-order valence-electron chi connectivity index (χ3n) is 10.3. The molecule has 9 rings (SSSR count). The summed E-state index contributed by atoms with van der Waals surface area (Å²) >= 11 is 0. The van der Waals surface area contributed by atoms with Crippen LogP contribution in [0.3, 0.4) is 0 Å². The molecule has 0 aliphatic carbocycles. The van der Waals surface area contributed by atoms with Gasteiger partial charge in [-0.15, -0.1) is 23.8 Å². The third kappa shape index (κ3) is 6.08. The SMILES string of the molecule is CC(C)(C)c1cc(-c2cc3cc([Si](C)(C)C)cc4c3c(n2)-c2c(O)cccc2O4)[c-]c(-c2nc3ccccc3n2-c2ccccc2-c2ccccc2)c1.[Pt]. The number of aromatic nitrogens is 3. The first-order valence-electron chi connectivity index (χ1n) is 18.1. The van der Waals surface area contributed by atoms with Crippen molar-refractivity contribution in [3.63, 3.8) is 0 Å². The maximum Gasteiger partial charge on any atom is 0.140 e. The topological polar surface area (TPSA) is 60.2 Å². The molecule has 0 unspecified atom stereocenters. The number of fused-ring (bicyclic) bond motifs is 3. The molecule has 3 heterocycles. The van der Waals surface area contributed by atoms with Gasteiger partial charge in [0, 0.05) is 43.4 Å². The maximum absolute atomic E-state index is 11.2. The zero-order valence-electron chi connectivity index (χ0n) is 31.1. The molecule has 8 aromatic rings. The van der Waals surface area contributed by atoms with Crippen LogP contribution in [0.5, 0.6) is 17.2 Å². The van der Waals surface area contributed by atoms with Crippen molar-refractivity contribution in [2.24, 2.45) is 0 Å². The summed E-state index contributed by atoms with van der Waals surface area (Å²) in [5.74, 6) is 2.34. The van der Waals surface area contributed by atoms with E-state index in [1.165, 1.54) is 5.19 Å². The average molecular weight is 902 g/mol. The predicted octanol–water partition coefficient (Wildman–Crippen LogP) is 11.7. The number of para-hydroxylation sites is 3. The van der Waals surface area contributed by atoms with Crippen LogP contribution in [-0.2, 0) is 26.5 Å². The van der Waals surface area contributed by atoms with Crippen molar-refractivity contribution >= 4 is 35.1 Å². The van der Waals surface area contributed by atoms with Crippen molar-refractivity contribution < 1.29 is 30.9 Å². The van der Waals surface area contributed by atoms with Gasteiger partial charge >= 0.3 is 0 Å². The number of hydrogen-bond donors (Lipinski definition) is 1. The quantitative estimate of drug-likeness (QED) is 0.138. The monoisotopic (exact) mass is 901 g/mol. The van der Waals surface area contributed by atoms with Crippen LogP contribution < -0.4 is 9.92 Å². The number of phenols is 1. The smallest absolute Gasteiger partial charge is 0.140 e. The summed E-state index contributed by atoms with van der Waals surface area (Å²) in [6.45, 7) is 13.8.